The molecule has 100 valence electrons. The first-order valence-corrected chi connectivity index (χ1v) is 7.90. The molecule has 0 saturated carbocycles. The highest BCUT2D eigenvalue weighted by Crippen LogP contribution is 2.33. The van der Waals surface area contributed by atoms with Gasteiger partial charge in [0.1, 0.15) is 0 Å². The minimum Gasteiger partial charge on any atom is -0.309 e. The number of hydrogen-bond donors (Lipinski definition) is 1. The average Bonchev–Trinajstić information content (AvgIpc) is 2.45. The smallest absolute Gasteiger partial charge is 0.0643 e. The molecule has 1 unspecified atom stereocenters. The molecule has 0 heterocycles. The quantitative estimate of drug-likeness (QED) is 0.795. The molecule has 2 aromatic carbocycles. The predicted octanol–water partition coefficient (Wildman–Crippen LogP) is 5.02. The van der Waals surface area contributed by atoms with E-state index in [1.165, 1.54) is 10.5 Å². The molecule has 2 rings (SSSR count). The highest BCUT2D eigenvalue weighted by Gasteiger charge is 2.16. The predicted molar refractivity (Wildman–Crippen MR) is 85.6 cm³/mol. The fraction of sp³-hybridized carbons (Fsp3) is 0.200. The minimum absolute atomic E-state index is 0.0436. The van der Waals surface area contributed by atoms with Crippen LogP contribution in [0.15, 0.2) is 47.4 Å². The monoisotopic (exact) mass is 311 g/mol. The van der Waals surface area contributed by atoms with Gasteiger partial charge < -0.3 is 5.32 Å². The topological polar surface area (TPSA) is 12.0 Å². The van der Waals surface area contributed by atoms with Crippen LogP contribution in [-0.4, -0.2) is 13.3 Å². The van der Waals surface area contributed by atoms with Gasteiger partial charge in [-0.1, -0.05) is 47.5 Å². The van der Waals surface area contributed by atoms with Gasteiger partial charge in [-0.25, -0.2) is 0 Å². The molecule has 0 bridgehead atoms. The summed E-state index contributed by atoms with van der Waals surface area (Å²) in [7, 11) is 1.92. The Hall–Kier alpha value is -0.670. The molecule has 0 fully saturated rings. The third-order valence-electron chi connectivity index (χ3n) is 3.03. The van der Waals surface area contributed by atoms with Gasteiger partial charge in [0, 0.05) is 4.90 Å². The molecule has 1 N–H and O–H groups in total. The van der Waals surface area contributed by atoms with Crippen LogP contribution in [0.4, 0.5) is 0 Å². The van der Waals surface area contributed by atoms with Crippen LogP contribution in [-0.2, 0) is 0 Å². The summed E-state index contributed by atoms with van der Waals surface area (Å²) >= 11 is 14.1. The fourth-order valence-corrected chi connectivity index (χ4v) is 2.87. The van der Waals surface area contributed by atoms with Crippen molar-refractivity contribution in [3.63, 3.8) is 0 Å². The van der Waals surface area contributed by atoms with Crippen LogP contribution < -0.4 is 5.32 Å². The van der Waals surface area contributed by atoms with E-state index in [0.717, 1.165) is 5.56 Å². The maximum absolute atomic E-state index is 6.30. The van der Waals surface area contributed by atoms with Crippen molar-refractivity contribution in [2.45, 2.75) is 10.9 Å². The summed E-state index contributed by atoms with van der Waals surface area (Å²) in [5, 5.41) is 4.48. The number of thioether (sulfide) groups is 1. The van der Waals surface area contributed by atoms with Crippen LogP contribution in [0, 0.1) is 0 Å². The van der Waals surface area contributed by atoms with E-state index >= 15 is 0 Å². The van der Waals surface area contributed by atoms with E-state index < -0.39 is 0 Å². The Balaban J connectivity index is 2.40. The Morgan fingerprint density at radius 3 is 2.32 bits per heavy atom. The highest BCUT2D eigenvalue weighted by atomic mass is 35.5. The maximum Gasteiger partial charge on any atom is 0.0643 e. The molecule has 19 heavy (non-hydrogen) atoms. The van der Waals surface area contributed by atoms with Crippen LogP contribution in [0.1, 0.15) is 17.2 Å². The van der Waals surface area contributed by atoms with Crippen LogP contribution in [0.3, 0.4) is 0 Å². The first-order chi connectivity index (χ1) is 9.17. The SMILES string of the molecule is CNC(c1ccc(SC)cc1)c1cccc(Cl)c1Cl. The van der Waals surface area contributed by atoms with Crippen molar-refractivity contribution in [2.24, 2.45) is 0 Å². The largest absolute Gasteiger partial charge is 0.309 e. The van der Waals surface area contributed by atoms with Crippen LogP contribution in [0.2, 0.25) is 10.0 Å². The molecule has 0 spiro atoms. The zero-order valence-corrected chi connectivity index (χ0v) is 13.1. The van der Waals surface area contributed by atoms with Gasteiger partial charge in [0.25, 0.3) is 0 Å². The molecule has 4 heteroatoms. The molecule has 0 aliphatic rings. The lowest BCUT2D eigenvalue weighted by Crippen LogP contribution is -2.18. The summed E-state index contributed by atoms with van der Waals surface area (Å²) in [6, 6.07) is 14.2. The minimum atomic E-state index is 0.0436. The third-order valence-corrected chi connectivity index (χ3v) is 4.61. The molecule has 0 radical (unpaired) electrons. The van der Waals surface area contributed by atoms with Gasteiger partial charge in [-0.3, -0.25) is 0 Å². The first-order valence-electron chi connectivity index (χ1n) is 5.92. The van der Waals surface area contributed by atoms with Crippen LogP contribution in [0.5, 0.6) is 0 Å². The molecule has 0 aromatic heterocycles. The van der Waals surface area contributed by atoms with Crippen molar-refractivity contribution in [3.05, 3.63) is 63.6 Å². The lowest BCUT2D eigenvalue weighted by Gasteiger charge is -2.19. The van der Waals surface area contributed by atoms with Crippen LogP contribution in [0.25, 0.3) is 0 Å². The molecule has 0 aliphatic heterocycles. The zero-order chi connectivity index (χ0) is 13.8. The Morgan fingerprint density at radius 2 is 1.74 bits per heavy atom. The number of rotatable bonds is 4. The number of benzene rings is 2. The highest BCUT2D eigenvalue weighted by molar-refractivity contribution is 7.98. The summed E-state index contributed by atoms with van der Waals surface area (Å²) in [6.45, 7) is 0. The Bertz CT molecular complexity index is 555. The lowest BCUT2D eigenvalue weighted by molar-refractivity contribution is 0.691. The Kier molecular flexibility index (Phi) is 5.17. The number of nitrogens with one attached hydrogen (secondary N) is 1. The molecule has 0 amide bonds. The van der Waals surface area contributed by atoms with Gasteiger partial charge in [0.05, 0.1) is 16.1 Å². The summed E-state index contributed by atoms with van der Waals surface area (Å²) in [6.07, 6.45) is 2.07. The fourth-order valence-electron chi connectivity index (χ4n) is 2.04. The van der Waals surface area contributed by atoms with Crippen molar-refractivity contribution in [1.82, 2.24) is 5.32 Å². The standard InChI is InChI=1S/C15H15Cl2NS/c1-18-15(10-6-8-11(19-2)9-7-10)12-4-3-5-13(16)14(12)17/h3-9,15,18H,1-2H3. The van der Waals surface area contributed by atoms with Crippen molar-refractivity contribution in [3.8, 4) is 0 Å². The van der Waals surface area contributed by atoms with Crippen LogP contribution >= 0.6 is 35.0 Å². The second kappa shape index (κ2) is 6.67. The third kappa shape index (κ3) is 3.26. The second-order valence-corrected chi connectivity index (χ2v) is 5.80. The molecule has 0 aliphatic carbocycles. The van der Waals surface area contributed by atoms with Gasteiger partial charge >= 0.3 is 0 Å². The second-order valence-electron chi connectivity index (χ2n) is 4.14. The maximum atomic E-state index is 6.30. The average molecular weight is 312 g/mol. The summed E-state index contributed by atoms with van der Waals surface area (Å²) in [5.74, 6) is 0. The molecule has 1 atom stereocenters. The molecular weight excluding hydrogens is 297 g/mol. The van der Waals surface area contributed by atoms with Crippen molar-refractivity contribution >= 4 is 35.0 Å². The Morgan fingerprint density at radius 1 is 1.05 bits per heavy atom. The van der Waals surface area contributed by atoms with Gasteiger partial charge in [-0.05, 0) is 42.6 Å². The van der Waals surface area contributed by atoms with E-state index in [1.807, 2.05) is 19.2 Å². The van der Waals surface area contributed by atoms with Gasteiger partial charge in [-0.2, -0.15) is 0 Å². The van der Waals surface area contributed by atoms with E-state index in [9.17, 15) is 0 Å². The van der Waals surface area contributed by atoms with Crippen molar-refractivity contribution < 1.29 is 0 Å². The summed E-state index contributed by atoms with van der Waals surface area (Å²) in [5.41, 5.74) is 2.16. The van der Waals surface area contributed by atoms with Crippen molar-refractivity contribution in [1.29, 1.82) is 0 Å². The summed E-state index contributed by atoms with van der Waals surface area (Å²) in [4.78, 5) is 1.25. The van der Waals surface area contributed by atoms with Gasteiger partial charge in [0.2, 0.25) is 0 Å². The molecule has 2 aromatic rings. The van der Waals surface area contributed by atoms with E-state index in [4.69, 9.17) is 23.2 Å². The normalized spacial score (nSPS) is 12.4. The Labute approximate surface area is 128 Å². The van der Waals surface area contributed by atoms with Crippen molar-refractivity contribution in [2.75, 3.05) is 13.3 Å². The number of halogens is 2. The molecule has 1 nitrogen and oxygen atoms in total. The zero-order valence-electron chi connectivity index (χ0n) is 10.8. The van der Waals surface area contributed by atoms with E-state index in [-0.39, 0.29) is 6.04 Å². The summed E-state index contributed by atoms with van der Waals surface area (Å²) < 4.78 is 0. The lowest BCUT2D eigenvalue weighted by atomic mass is 9.99. The van der Waals surface area contributed by atoms with E-state index in [1.54, 1.807) is 17.8 Å². The van der Waals surface area contributed by atoms with Gasteiger partial charge in [-0.15, -0.1) is 11.8 Å². The van der Waals surface area contributed by atoms with E-state index in [0.29, 0.717) is 10.0 Å². The van der Waals surface area contributed by atoms with Gasteiger partial charge in [0.15, 0.2) is 0 Å². The van der Waals surface area contributed by atoms with E-state index in [2.05, 4.69) is 35.8 Å². The first kappa shape index (κ1) is 14.7. The molecule has 0 saturated heterocycles. The number of hydrogen-bond acceptors (Lipinski definition) is 2. The molecular formula is C15H15Cl2NS.